The molecule has 0 bridgehead atoms. The maximum atomic E-state index is 12.3. The zero-order valence-electron chi connectivity index (χ0n) is 12.3. The number of nitrogens with two attached hydrogens (primary N) is 1. The summed E-state index contributed by atoms with van der Waals surface area (Å²) in [6, 6.07) is 0.710. The minimum atomic E-state index is 0.0338. The van der Waals surface area contributed by atoms with Crippen LogP contribution in [0.15, 0.2) is 0 Å². The third-order valence-electron chi connectivity index (χ3n) is 4.81. The molecule has 2 rings (SSSR count). The molecule has 2 saturated heterocycles. The van der Waals surface area contributed by atoms with Crippen LogP contribution >= 0.6 is 0 Å². The highest BCUT2D eigenvalue weighted by molar-refractivity contribution is 5.79. The highest BCUT2D eigenvalue weighted by Gasteiger charge is 2.29. The molecule has 0 aliphatic carbocycles. The summed E-state index contributed by atoms with van der Waals surface area (Å²) in [6.07, 6.45) is 7.25. The molecule has 0 aromatic heterocycles. The SMILES string of the molecule is CCC(CN)C(=O)N1CCC(N2CCCCC2)CC1. The van der Waals surface area contributed by atoms with E-state index in [1.54, 1.807) is 0 Å². The molecule has 0 aromatic rings. The zero-order chi connectivity index (χ0) is 13.7. The molecule has 0 radical (unpaired) electrons. The van der Waals surface area contributed by atoms with Gasteiger partial charge in [0, 0.05) is 25.7 Å². The van der Waals surface area contributed by atoms with Crippen LogP contribution in [0.5, 0.6) is 0 Å². The largest absolute Gasteiger partial charge is 0.342 e. The number of carbonyl (C=O) groups excluding carboxylic acids is 1. The molecule has 0 spiro atoms. The lowest BCUT2D eigenvalue weighted by Crippen LogP contribution is -2.50. The van der Waals surface area contributed by atoms with Crippen LogP contribution < -0.4 is 5.73 Å². The van der Waals surface area contributed by atoms with E-state index in [2.05, 4.69) is 11.8 Å². The molecule has 1 unspecified atom stereocenters. The number of hydrogen-bond acceptors (Lipinski definition) is 3. The molecule has 1 amide bonds. The third kappa shape index (κ3) is 3.69. The van der Waals surface area contributed by atoms with E-state index >= 15 is 0 Å². The summed E-state index contributed by atoms with van der Waals surface area (Å²) in [5, 5.41) is 0. The van der Waals surface area contributed by atoms with Crippen LogP contribution in [0.3, 0.4) is 0 Å². The lowest BCUT2D eigenvalue weighted by atomic mass is 9.98. The Kier molecular flexibility index (Phi) is 5.64. The summed E-state index contributed by atoms with van der Waals surface area (Å²) in [6.45, 7) is 6.92. The van der Waals surface area contributed by atoms with Gasteiger partial charge < -0.3 is 15.5 Å². The van der Waals surface area contributed by atoms with Gasteiger partial charge in [0.15, 0.2) is 0 Å². The fourth-order valence-electron chi connectivity index (χ4n) is 3.44. The van der Waals surface area contributed by atoms with Crippen LogP contribution in [-0.2, 0) is 4.79 Å². The minimum Gasteiger partial charge on any atom is -0.342 e. The molecule has 4 nitrogen and oxygen atoms in total. The predicted molar refractivity (Wildman–Crippen MR) is 77.9 cm³/mol. The van der Waals surface area contributed by atoms with Crippen LogP contribution in [0.25, 0.3) is 0 Å². The Morgan fingerprint density at radius 3 is 2.32 bits per heavy atom. The van der Waals surface area contributed by atoms with Gasteiger partial charge in [0.2, 0.25) is 5.91 Å². The number of piperidine rings is 2. The molecule has 110 valence electrons. The van der Waals surface area contributed by atoms with E-state index in [1.807, 2.05) is 4.90 Å². The van der Waals surface area contributed by atoms with Gasteiger partial charge in [-0.15, -0.1) is 0 Å². The Morgan fingerprint density at radius 1 is 1.16 bits per heavy atom. The van der Waals surface area contributed by atoms with E-state index in [9.17, 15) is 4.79 Å². The summed E-state index contributed by atoms with van der Waals surface area (Å²) in [5.41, 5.74) is 5.68. The maximum Gasteiger partial charge on any atom is 0.226 e. The molecular formula is C15H29N3O. The number of likely N-dealkylation sites (tertiary alicyclic amines) is 2. The first-order valence-corrected chi connectivity index (χ1v) is 7.99. The van der Waals surface area contributed by atoms with Crippen molar-refractivity contribution in [3.63, 3.8) is 0 Å². The van der Waals surface area contributed by atoms with Gasteiger partial charge in [-0.3, -0.25) is 4.79 Å². The Balaban J connectivity index is 1.79. The van der Waals surface area contributed by atoms with E-state index in [0.29, 0.717) is 12.6 Å². The van der Waals surface area contributed by atoms with Crippen molar-refractivity contribution in [2.24, 2.45) is 11.7 Å². The topological polar surface area (TPSA) is 49.6 Å². The average molecular weight is 267 g/mol. The summed E-state index contributed by atoms with van der Waals surface area (Å²) in [7, 11) is 0. The van der Waals surface area contributed by atoms with Crippen LogP contribution in [-0.4, -0.2) is 54.5 Å². The zero-order valence-corrected chi connectivity index (χ0v) is 12.3. The van der Waals surface area contributed by atoms with E-state index in [4.69, 9.17) is 5.73 Å². The number of rotatable bonds is 4. The Bertz CT molecular complexity index is 277. The van der Waals surface area contributed by atoms with Gasteiger partial charge in [-0.25, -0.2) is 0 Å². The molecule has 2 aliphatic rings. The average Bonchev–Trinajstić information content (AvgIpc) is 2.49. The Hall–Kier alpha value is -0.610. The molecule has 0 aromatic carbocycles. The number of amides is 1. The van der Waals surface area contributed by atoms with Crippen LogP contribution in [0.4, 0.5) is 0 Å². The normalized spacial score (nSPS) is 24.4. The van der Waals surface area contributed by atoms with Crippen molar-refractivity contribution in [3.8, 4) is 0 Å². The van der Waals surface area contributed by atoms with Crippen molar-refractivity contribution >= 4 is 5.91 Å². The van der Waals surface area contributed by atoms with Crippen molar-refractivity contribution in [3.05, 3.63) is 0 Å². The second-order valence-corrected chi connectivity index (χ2v) is 5.99. The van der Waals surface area contributed by atoms with Crippen molar-refractivity contribution in [2.45, 2.75) is 51.5 Å². The summed E-state index contributed by atoms with van der Waals surface area (Å²) < 4.78 is 0. The summed E-state index contributed by atoms with van der Waals surface area (Å²) in [5.74, 6) is 0.314. The molecule has 4 heteroatoms. The van der Waals surface area contributed by atoms with Crippen molar-refractivity contribution < 1.29 is 4.79 Å². The lowest BCUT2D eigenvalue weighted by molar-refractivity contribution is -0.137. The van der Waals surface area contributed by atoms with Gasteiger partial charge in [0.1, 0.15) is 0 Å². The van der Waals surface area contributed by atoms with E-state index < -0.39 is 0 Å². The Morgan fingerprint density at radius 2 is 1.79 bits per heavy atom. The molecule has 19 heavy (non-hydrogen) atoms. The fraction of sp³-hybridized carbons (Fsp3) is 0.933. The van der Waals surface area contributed by atoms with Gasteiger partial charge >= 0.3 is 0 Å². The maximum absolute atomic E-state index is 12.3. The number of nitrogens with zero attached hydrogens (tertiary/aromatic N) is 2. The summed E-state index contributed by atoms with van der Waals surface area (Å²) >= 11 is 0. The fourth-order valence-corrected chi connectivity index (χ4v) is 3.44. The predicted octanol–water partition coefficient (Wildman–Crippen LogP) is 1.45. The lowest BCUT2D eigenvalue weighted by Gasteiger charge is -2.40. The van der Waals surface area contributed by atoms with Crippen LogP contribution in [0, 0.1) is 5.92 Å². The molecular weight excluding hydrogens is 238 g/mol. The summed E-state index contributed by atoms with van der Waals surface area (Å²) in [4.78, 5) is 17.0. The van der Waals surface area contributed by atoms with Crippen LogP contribution in [0.1, 0.15) is 45.4 Å². The molecule has 2 N–H and O–H groups in total. The van der Waals surface area contributed by atoms with Gasteiger partial charge in [-0.05, 0) is 45.2 Å². The van der Waals surface area contributed by atoms with E-state index in [1.165, 1.54) is 32.4 Å². The van der Waals surface area contributed by atoms with E-state index in [0.717, 1.165) is 32.4 Å². The molecule has 1 atom stereocenters. The van der Waals surface area contributed by atoms with Gasteiger partial charge in [0.25, 0.3) is 0 Å². The first kappa shape index (κ1) is 14.8. The second-order valence-electron chi connectivity index (χ2n) is 5.99. The van der Waals surface area contributed by atoms with Gasteiger partial charge in [0.05, 0.1) is 5.92 Å². The molecule has 2 fully saturated rings. The number of carbonyl (C=O) groups is 1. The highest BCUT2D eigenvalue weighted by Crippen LogP contribution is 2.22. The van der Waals surface area contributed by atoms with E-state index in [-0.39, 0.29) is 11.8 Å². The Labute approximate surface area is 117 Å². The first-order chi connectivity index (χ1) is 9.26. The van der Waals surface area contributed by atoms with Gasteiger partial charge in [-0.1, -0.05) is 13.3 Å². The van der Waals surface area contributed by atoms with Crippen LogP contribution in [0.2, 0.25) is 0 Å². The second kappa shape index (κ2) is 7.25. The van der Waals surface area contributed by atoms with Crippen molar-refractivity contribution in [1.82, 2.24) is 9.80 Å². The van der Waals surface area contributed by atoms with Crippen molar-refractivity contribution in [1.29, 1.82) is 0 Å². The third-order valence-corrected chi connectivity index (χ3v) is 4.81. The quantitative estimate of drug-likeness (QED) is 0.838. The molecule has 2 aliphatic heterocycles. The van der Waals surface area contributed by atoms with Gasteiger partial charge in [-0.2, -0.15) is 0 Å². The monoisotopic (exact) mass is 267 g/mol. The smallest absolute Gasteiger partial charge is 0.226 e. The standard InChI is InChI=1S/C15H29N3O/c1-2-13(12-16)15(19)18-10-6-14(7-11-18)17-8-4-3-5-9-17/h13-14H,2-12,16H2,1H3. The molecule has 0 saturated carbocycles. The minimum absolute atomic E-state index is 0.0338. The molecule has 2 heterocycles. The first-order valence-electron chi connectivity index (χ1n) is 7.99. The number of hydrogen-bond donors (Lipinski definition) is 1. The van der Waals surface area contributed by atoms with Crippen molar-refractivity contribution in [2.75, 3.05) is 32.7 Å². The highest BCUT2D eigenvalue weighted by atomic mass is 16.2.